The van der Waals surface area contributed by atoms with Crippen LogP contribution < -0.4 is 0 Å². The molecule has 6 rings (SSSR count). The van der Waals surface area contributed by atoms with Crippen LogP contribution in [0.15, 0.2) is 115 Å². The van der Waals surface area contributed by atoms with Gasteiger partial charge in [0.2, 0.25) is 0 Å². The Labute approximate surface area is 197 Å². The van der Waals surface area contributed by atoms with Crippen LogP contribution in [0, 0.1) is 0 Å². The minimum Gasteiger partial charge on any atom is -0.237 e. The predicted octanol–water partition coefficient (Wildman–Crippen LogP) is 8.44. The third-order valence-corrected chi connectivity index (χ3v) is 6.43. The molecule has 1 aromatic heterocycles. The SMILES string of the molecule is Clc1c2ccccc2c(-c2ccc(-c3ccnc(-c4ccccc4)n3)cc2)c2ccccc12. The van der Waals surface area contributed by atoms with Gasteiger partial charge in [-0.1, -0.05) is 115 Å². The first-order valence-electron chi connectivity index (χ1n) is 10.9. The smallest absolute Gasteiger partial charge is 0.159 e. The van der Waals surface area contributed by atoms with Gasteiger partial charge in [-0.15, -0.1) is 0 Å². The van der Waals surface area contributed by atoms with Gasteiger partial charge in [0, 0.05) is 28.1 Å². The minimum absolute atomic E-state index is 0.729. The molecule has 0 bridgehead atoms. The lowest BCUT2D eigenvalue weighted by atomic mass is 9.91. The number of hydrogen-bond donors (Lipinski definition) is 0. The largest absolute Gasteiger partial charge is 0.237 e. The highest BCUT2D eigenvalue weighted by Gasteiger charge is 2.14. The molecule has 0 atom stereocenters. The standard InChI is InChI=1S/C30H19ClN2/c31-29-25-12-6-4-10-23(25)28(24-11-5-7-13-26(24)29)21-16-14-20(15-17-21)27-18-19-32-30(33-27)22-8-2-1-3-9-22/h1-19H. The van der Waals surface area contributed by atoms with Crippen LogP contribution >= 0.6 is 11.6 Å². The van der Waals surface area contributed by atoms with Crippen LogP contribution in [0.5, 0.6) is 0 Å². The fourth-order valence-corrected chi connectivity index (χ4v) is 4.77. The van der Waals surface area contributed by atoms with Gasteiger partial charge in [0.05, 0.1) is 10.7 Å². The number of nitrogens with zero attached hydrogens (tertiary/aromatic N) is 2. The Morgan fingerprint density at radius 3 is 1.67 bits per heavy atom. The molecule has 0 aliphatic heterocycles. The molecule has 156 valence electrons. The second-order valence-electron chi connectivity index (χ2n) is 7.99. The van der Waals surface area contributed by atoms with Gasteiger partial charge in [-0.3, -0.25) is 0 Å². The molecule has 0 spiro atoms. The highest BCUT2D eigenvalue weighted by atomic mass is 35.5. The summed E-state index contributed by atoms with van der Waals surface area (Å²) in [6, 6.07) is 37.3. The predicted molar refractivity (Wildman–Crippen MR) is 138 cm³/mol. The Morgan fingerprint density at radius 2 is 1.03 bits per heavy atom. The van der Waals surface area contributed by atoms with Crippen molar-refractivity contribution in [2.45, 2.75) is 0 Å². The second-order valence-corrected chi connectivity index (χ2v) is 8.37. The number of rotatable bonds is 3. The fraction of sp³-hybridized carbons (Fsp3) is 0. The average Bonchev–Trinajstić information content (AvgIpc) is 2.90. The van der Waals surface area contributed by atoms with Crippen molar-refractivity contribution in [2.24, 2.45) is 0 Å². The Bertz CT molecular complexity index is 1550. The summed E-state index contributed by atoms with van der Waals surface area (Å²) in [5.74, 6) is 0.729. The van der Waals surface area contributed by atoms with Crippen LogP contribution in [0.25, 0.3) is 55.3 Å². The molecular formula is C30H19ClN2. The van der Waals surface area contributed by atoms with Crippen LogP contribution in [0.1, 0.15) is 0 Å². The van der Waals surface area contributed by atoms with Gasteiger partial charge < -0.3 is 0 Å². The molecule has 0 aliphatic rings. The summed E-state index contributed by atoms with van der Waals surface area (Å²) in [6.07, 6.45) is 1.82. The molecule has 3 heteroatoms. The Morgan fingerprint density at radius 1 is 0.485 bits per heavy atom. The molecular weight excluding hydrogens is 424 g/mol. The fourth-order valence-electron chi connectivity index (χ4n) is 4.44. The zero-order chi connectivity index (χ0) is 22.2. The van der Waals surface area contributed by atoms with Crippen LogP contribution in [0.4, 0.5) is 0 Å². The van der Waals surface area contributed by atoms with Gasteiger partial charge in [-0.2, -0.15) is 0 Å². The number of halogens is 1. The zero-order valence-corrected chi connectivity index (χ0v) is 18.5. The maximum Gasteiger partial charge on any atom is 0.159 e. The molecule has 0 saturated carbocycles. The van der Waals surface area contributed by atoms with Crippen molar-refractivity contribution in [3.8, 4) is 33.8 Å². The van der Waals surface area contributed by atoms with Crippen molar-refractivity contribution in [3.05, 3.63) is 120 Å². The maximum absolute atomic E-state index is 6.79. The van der Waals surface area contributed by atoms with Gasteiger partial charge in [0.1, 0.15) is 0 Å². The zero-order valence-electron chi connectivity index (χ0n) is 17.7. The molecule has 0 fully saturated rings. The van der Waals surface area contributed by atoms with E-state index in [1.165, 1.54) is 5.56 Å². The minimum atomic E-state index is 0.729. The van der Waals surface area contributed by atoms with Crippen LogP contribution in [0.3, 0.4) is 0 Å². The summed E-state index contributed by atoms with van der Waals surface area (Å²) < 4.78 is 0. The number of aromatic nitrogens is 2. The van der Waals surface area contributed by atoms with Gasteiger partial charge in [0.25, 0.3) is 0 Å². The second kappa shape index (κ2) is 8.16. The summed E-state index contributed by atoms with van der Waals surface area (Å²) in [7, 11) is 0. The molecule has 0 aliphatic carbocycles. The summed E-state index contributed by atoms with van der Waals surface area (Å²) in [4.78, 5) is 9.25. The van der Waals surface area contributed by atoms with Crippen molar-refractivity contribution >= 4 is 33.1 Å². The Kier molecular flexibility index (Phi) is 4.86. The van der Waals surface area contributed by atoms with Crippen molar-refractivity contribution < 1.29 is 0 Å². The first-order valence-corrected chi connectivity index (χ1v) is 11.3. The van der Waals surface area contributed by atoms with E-state index in [0.717, 1.165) is 54.8 Å². The van der Waals surface area contributed by atoms with E-state index in [9.17, 15) is 0 Å². The van der Waals surface area contributed by atoms with E-state index in [1.807, 2.05) is 54.7 Å². The van der Waals surface area contributed by atoms with E-state index in [4.69, 9.17) is 16.6 Å². The number of benzene rings is 5. The van der Waals surface area contributed by atoms with Crippen LogP contribution in [-0.4, -0.2) is 9.97 Å². The van der Waals surface area contributed by atoms with E-state index in [0.29, 0.717) is 0 Å². The van der Waals surface area contributed by atoms with E-state index < -0.39 is 0 Å². The molecule has 2 nitrogen and oxygen atoms in total. The highest BCUT2D eigenvalue weighted by Crippen LogP contribution is 2.41. The molecule has 5 aromatic carbocycles. The summed E-state index contributed by atoms with van der Waals surface area (Å²) in [5, 5.41) is 5.25. The number of fused-ring (bicyclic) bond motifs is 2. The quantitative estimate of drug-likeness (QED) is 0.257. The molecule has 0 amide bonds. The van der Waals surface area contributed by atoms with Gasteiger partial charge in [-0.25, -0.2) is 9.97 Å². The molecule has 0 saturated heterocycles. The lowest BCUT2D eigenvalue weighted by Crippen LogP contribution is -1.92. The summed E-state index contributed by atoms with van der Waals surface area (Å²) in [5.41, 5.74) is 5.32. The first kappa shape index (κ1) is 19.7. The van der Waals surface area contributed by atoms with Crippen molar-refractivity contribution in [1.82, 2.24) is 9.97 Å². The average molecular weight is 443 g/mol. The van der Waals surface area contributed by atoms with Crippen molar-refractivity contribution in [1.29, 1.82) is 0 Å². The van der Waals surface area contributed by atoms with Crippen molar-refractivity contribution in [2.75, 3.05) is 0 Å². The highest BCUT2D eigenvalue weighted by molar-refractivity contribution is 6.42. The normalized spacial score (nSPS) is 11.2. The molecule has 33 heavy (non-hydrogen) atoms. The van der Waals surface area contributed by atoms with E-state index in [1.54, 1.807) is 0 Å². The molecule has 6 aromatic rings. The lowest BCUT2D eigenvalue weighted by molar-refractivity contribution is 1.18. The van der Waals surface area contributed by atoms with E-state index in [2.05, 4.69) is 65.6 Å². The molecule has 0 unspecified atom stereocenters. The number of hydrogen-bond acceptors (Lipinski definition) is 2. The van der Waals surface area contributed by atoms with Crippen molar-refractivity contribution in [3.63, 3.8) is 0 Å². The molecule has 0 N–H and O–H groups in total. The Hall–Kier alpha value is -4.01. The first-order chi connectivity index (χ1) is 16.3. The molecule has 0 radical (unpaired) electrons. The van der Waals surface area contributed by atoms with Gasteiger partial charge in [-0.05, 0) is 28.0 Å². The maximum atomic E-state index is 6.79. The van der Waals surface area contributed by atoms with E-state index >= 15 is 0 Å². The third kappa shape index (κ3) is 3.45. The summed E-state index contributed by atoms with van der Waals surface area (Å²) in [6.45, 7) is 0. The lowest BCUT2D eigenvalue weighted by Gasteiger charge is -2.14. The van der Waals surface area contributed by atoms with Gasteiger partial charge >= 0.3 is 0 Å². The topological polar surface area (TPSA) is 25.8 Å². The van der Waals surface area contributed by atoms with E-state index in [-0.39, 0.29) is 0 Å². The molecule has 1 heterocycles. The summed E-state index contributed by atoms with van der Waals surface area (Å²) >= 11 is 6.79. The monoisotopic (exact) mass is 442 g/mol. The Balaban J connectivity index is 1.48. The van der Waals surface area contributed by atoms with Crippen LogP contribution in [0.2, 0.25) is 5.02 Å². The van der Waals surface area contributed by atoms with Gasteiger partial charge in [0.15, 0.2) is 5.82 Å². The van der Waals surface area contributed by atoms with Crippen LogP contribution in [-0.2, 0) is 0 Å². The third-order valence-electron chi connectivity index (χ3n) is 6.02.